The Labute approximate surface area is 114 Å². The van der Waals surface area contributed by atoms with Crippen LogP contribution in [0.3, 0.4) is 0 Å². The summed E-state index contributed by atoms with van der Waals surface area (Å²) in [7, 11) is 0. The minimum Gasteiger partial charge on any atom is -0.350 e. The number of halogens is 1. The van der Waals surface area contributed by atoms with E-state index in [9.17, 15) is 9.59 Å². The molecule has 0 aliphatic heterocycles. The number of amides is 1. The first-order valence-corrected chi connectivity index (χ1v) is 6.11. The number of aromatic nitrogens is 2. The average molecular weight is 278 g/mol. The van der Waals surface area contributed by atoms with Crippen molar-refractivity contribution in [3.63, 3.8) is 0 Å². The van der Waals surface area contributed by atoms with E-state index in [4.69, 9.17) is 11.6 Å². The number of nitrogens with zero attached hydrogens (tertiary/aromatic N) is 2. The molecule has 0 fully saturated rings. The lowest BCUT2D eigenvalue weighted by molar-refractivity contribution is 0.0952. The maximum absolute atomic E-state index is 11.8. The molecule has 1 N–H and O–H groups in total. The smallest absolute Gasteiger partial charge is 0.266 e. The van der Waals surface area contributed by atoms with E-state index in [1.165, 1.54) is 16.9 Å². The SMILES string of the molecule is O=C(NCCn1ncccc1=O)c1ccccc1Cl. The average Bonchev–Trinajstić information content (AvgIpc) is 2.41. The first-order chi connectivity index (χ1) is 9.18. The van der Waals surface area contributed by atoms with Crippen molar-refractivity contribution >= 4 is 17.5 Å². The molecule has 2 aromatic rings. The third-order valence-corrected chi connectivity index (χ3v) is 2.84. The highest BCUT2D eigenvalue weighted by Crippen LogP contribution is 2.14. The van der Waals surface area contributed by atoms with Gasteiger partial charge in [0.2, 0.25) is 0 Å². The van der Waals surface area contributed by atoms with Gasteiger partial charge in [-0.05, 0) is 18.2 Å². The van der Waals surface area contributed by atoms with E-state index in [0.717, 1.165) is 0 Å². The molecule has 98 valence electrons. The van der Waals surface area contributed by atoms with Crippen molar-refractivity contribution in [1.29, 1.82) is 0 Å². The Morgan fingerprint density at radius 1 is 1.26 bits per heavy atom. The standard InChI is InChI=1S/C13H12ClN3O2/c14-11-5-2-1-4-10(11)13(19)15-8-9-17-12(18)6-3-7-16-17/h1-7H,8-9H2,(H,15,19). The van der Waals surface area contributed by atoms with Crippen LogP contribution < -0.4 is 10.9 Å². The summed E-state index contributed by atoms with van der Waals surface area (Å²) in [4.78, 5) is 23.2. The molecule has 19 heavy (non-hydrogen) atoms. The molecule has 1 amide bonds. The summed E-state index contributed by atoms with van der Waals surface area (Å²) < 4.78 is 1.28. The van der Waals surface area contributed by atoms with Crippen molar-refractivity contribution in [1.82, 2.24) is 15.1 Å². The van der Waals surface area contributed by atoms with Gasteiger partial charge in [-0.15, -0.1) is 0 Å². The first kappa shape index (κ1) is 13.3. The zero-order valence-electron chi connectivity index (χ0n) is 10.0. The Morgan fingerprint density at radius 2 is 2.05 bits per heavy atom. The van der Waals surface area contributed by atoms with Crippen LogP contribution in [0.5, 0.6) is 0 Å². The number of hydrogen-bond acceptors (Lipinski definition) is 3. The summed E-state index contributed by atoms with van der Waals surface area (Å²) in [6, 6.07) is 9.78. The monoisotopic (exact) mass is 277 g/mol. The van der Waals surface area contributed by atoms with E-state index in [1.54, 1.807) is 30.3 Å². The molecule has 5 nitrogen and oxygen atoms in total. The normalized spacial score (nSPS) is 10.2. The maximum Gasteiger partial charge on any atom is 0.266 e. The highest BCUT2D eigenvalue weighted by Gasteiger charge is 2.08. The maximum atomic E-state index is 11.8. The Kier molecular flexibility index (Phi) is 4.30. The van der Waals surface area contributed by atoms with E-state index >= 15 is 0 Å². The molecule has 0 atom stereocenters. The lowest BCUT2D eigenvalue weighted by atomic mass is 10.2. The van der Waals surface area contributed by atoms with Crippen LogP contribution in [0.15, 0.2) is 47.4 Å². The molecule has 6 heteroatoms. The number of rotatable bonds is 4. The Bertz CT molecular complexity index is 640. The van der Waals surface area contributed by atoms with Gasteiger partial charge in [-0.3, -0.25) is 9.59 Å². The van der Waals surface area contributed by atoms with Gasteiger partial charge in [0.05, 0.1) is 17.1 Å². The summed E-state index contributed by atoms with van der Waals surface area (Å²) in [5.74, 6) is -0.269. The zero-order chi connectivity index (χ0) is 13.7. The van der Waals surface area contributed by atoms with E-state index in [0.29, 0.717) is 23.7 Å². The molecule has 1 aromatic heterocycles. The minimum absolute atomic E-state index is 0.200. The molecule has 1 heterocycles. The van der Waals surface area contributed by atoms with Crippen molar-refractivity contribution in [2.45, 2.75) is 6.54 Å². The fourth-order valence-electron chi connectivity index (χ4n) is 1.57. The van der Waals surface area contributed by atoms with E-state index in [-0.39, 0.29) is 11.5 Å². The van der Waals surface area contributed by atoms with Gasteiger partial charge in [0, 0.05) is 18.8 Å². The predicted molar refractivity (Wildman–Crippen MR) is 72.3 cm³/mol. The van der Waals surface area contributed by atoms with Crippen LogP contribution >= 0.6 is 11.6 Å². The van der Waals surface area contributed by atoms with Gasteiger partial charge in [-0.2, -0.15) is 5.10 Å². The summed E-state index contributed by atoms with van der Waals surface area (Å²) >= 11 is 5.91. The van der Waals surface area contributed by atoms with Crippen LogP contribution in [0.2, 0.25) is 5.02 Å². The molecule has 0 aliphatic carbocycles. The number of hydrogen-bond donors (Lipinski definition) is 1. The van der Waals surface area contributed by atoms with Crippen molar-refractivity contribution < 1.29 is 4.79 Å². The number of carbonyl (C=O) groups is 1. The number of carbonyl (C=O) groups excluding carboxylic acids is 1. The van der Waals surface area contributed by atoms with Gasteiger partial charge in [0.25, 0.3) is 11.5 Å². The van der Waals surface area contributed by atoms with Gasteiger partial charge in [-0.25, -0.2) is 4.68 Å². The predicted octanol–water partition coefficient (Wildman–Crippen LogP) is 1.33. The highest BCUT2D eigenvalue weighted by molar-refractivity contribution is 6.33. The molecule has 0 radical (unpaired) electrons. The fourth-order valence-corrected chi connectivity index (χ4v) is 1.79. The lowest BCUT2D eigenvalue weighted by Crippen LogP contribution is -2.31. The van der Waals surface area contributed by atoms with E-state index in [2.05, 4.69) is 10.4 Å². The molecule has 1 aromatic carbocycles. The second-order valence-electron chi connectivity index (χ2n) is 3.82. The van der Waals surface area contributed by atoms with Crippen molar-refractivity contribution in [3.05, 3.63) is 63.5 Å². The van der Waals surface area contributed by atoms with Crippen LogP contribution in [0.1, 0.15) is 10.4 Å². The summed E-state index contributed by atoms with van der Waals surface area (Å²) in [6.07, 6.45) is 1.53. The van der Waals surface area contributed by atoms with Crippen LogP contribution in [0, 0.1) is 0 Å². The second kappa shape index (κ2) is 6.15. The topological polar surface area (TPSA) is 64.0 Å². The Hall–Kier alpha value is -2.14. The summed E-state index contributed by atoms with van der Waals surface area (Å²) in [5, 5.41) is 6.98. The van der Waals surface area contributed by atoms with Crippen LogP contribution in [0.25, 0.3) is 0 Å². The van der Waals surface area contributed by atoms with Gasteiger partial charge in [-0.1, -0.05) is 23.7 Å². The largest absolute Gasteiger partial charge is 0.350 e. The van der Waals surface area contributed by atoms with E-state index < -0.39 is 0 Å². The molecule has 0 bridgehead atoms. The van der Waals surface area contributed by atoms with Gasteiger partial charge in [0.15, 0.2) is 0 Å². The second-order valence-corrected chi connectivity index (χ2v) is 4.23. The van der Waals surface area contributed by atoms with E-state index in [1.807, 2.05) is 0 Å². The van der Waals surface area contributed by atoms with Crippen LogP contribution in [-0.4, -0.2) is 22.2 Å². The van der Waals surface area contributed by atoms with Crippen LogP contribution in [-0.2, 0) is 6.54 Å². The molecule has 0 spiro atoms. The van der Waals surface area contributed by atoms with Crippen molar-refractivity contribution in [2.24, 2.45) is 0 Å². The molecular formula is C13H12ClN3O2. The third kappa shape index (κ3) is 3.42. The summed E-state index contributed by atoms with van der Waals surface area (Å²) in [5.41, 5.74) is 0.215. The van der Waals surface area contributed by atoms with Gasteiger partial charge < -0.3 is 5.32 Å². The van der Waals surface area contributed by atoms with Gasteiger partial charge >= 0.3 is 0 Å². The summed E-state index contributed by atoms with van der Waals surface area (Å²) in [6.45, 7) is 0.622. The minimum atomic E-state index is -0.269. The number of nitrogens with one attached hydrogen (secondary N) is 1. The Morgan fingerprint density at radius 3 is 2.79 bits per heavy atom. The first-order valence-electron chi connectivity index (χ1n) is 5.73. The van der Waals surface area contributed by atoms with Gasteiger partial charge in [0.1, 0.15) is 0 Å². The molecule has 0 aliphatic rings. The van der Waals surface area contributed by atoms with Crippen molar-refractivity contribution in [3.8, 4) is 0 Å². The zero-order valence-corrected chi connectivity index (χ0v) is 10.8. The molecule has 0 saturated carbocycles. The molecule has 0 saturated heterocycles. The molecule has 2 rings (SSSR count). The molecular weight excluding hydrogens is 266 g/mol. The quantitative estimate of drug-likeness (QED) is 0.917. The highest BCUT2D eigenvalue weighted by atomic mass is 35.5. The number of benzene rings is 1. The third-order valence-electron chi connectivity index (χ3n) is 2.51. The van der Waals surface area contributed by atoms with Crippen LogP contribution in [0.4, 0.5) is 0 Å². The van der Waals surface area contributed by atoms with Crippen molar-refractivity contribution in [2.75, 3.05) is 6.54 Å². The Balaban J connectivity index is 1.94. The fraction of sp³-hybridized carbons (Fsp3) is 0.154. The molecule has 0 unspecified atom stereocenters. The lowest BCUT2D eigenvalue weighted by Gasteiger charge is -2.07.